The summed E-state index contributed by atoms with van der Waals surface area (Å²) in [4.78, 5) is 14.4. The van der Waals surface area contributed by atoms with Gasteiger partial charge in [-0.05, 0) is 49.4 Å². The summed E-state index contributed by atoms with van der Waals surface area (Å²) < 4.78 is 1.74. The zero-order chi connectivity index (χ0) is 15.7. The van der Waals surface area contributed by atoms with E-state index in [0.717, 1.165) is 36.6 Å². The van der Waals surface area contributed by atoms with Crippen LogP contribution < -0.4 is 0 Å². The highest BCUT2D eigenvalue weighted by molar-refractivity contribution is 6.30. The first-order chi connectivity index (χ1) is 10.5. The molecule has 116 valence electrons. The molecule has 0 N–H and O–H groups in total. The number of likely N-dealkylation sites (tertiary alicyclic amines) is 1. The number of aryl methyl sites for hydroxylation is 2. The fraction of sp³-hybridized carbons (Fsp3) is 0.412. The Hall–Kier alpha value is -1.81. The van der Waals surface area contributed by atoms with Gasteiger partial charge < -0.3 is 4.90 Å². The Morgan fingerprint density at radius 1 is 1.36 bits per heavy atom. The van der Waals surface area contributed by atoms with Crippen molar-refractivity contribution >= 4 is 17.5 Å². The Balaban J connectivity index is 1.62. The van der Waals surface area contributed by atoms with Gasteiger partial charge in [-0.1, -0.05) is 23.7 Å². The van der Waals surface area contributed by atoms with E-state index in [9.17, 15) is 4.79 Å². The number of hydrogen-bond acceptors (Lipinski definition) is 2. The average Bonchev–Trinajstić information content (AvgIpc) is 3.08. The van der Waals surface area contributed by atoms with Gasteiger partial charge in [-0.15, -0.1) is 0 Å². The fourth-order valence-corrected chi connectivity index (χ4v) is 3.09. The van der Waals surface area contributed by atoms with Crippen LogP contribution in [-0.4, -0.2) is 33.7 Å². The number of aromatic nitrogens is 2. The Morgan fingerprint density at radius 3 is 2.73 bits per heavy atom. The van der Waals surface area contributed by atoms with Gasteiger partial charge in [0.15, 0.2) is 5.69 Å². The van der Waals surface area contributed by atoms with Crippen molar-refractivity contribution in [3.63, 3.8) is 0 Å². The smallest absolute Gasteiger partial charge is 0.274 e. The van der Waals surface area contributed by atoms with Crippen LogP contribution in [-0.2, 0) is 13.5 Å². The van der Waals surface area contributed by atoms with Gasteiger partial charge in [0.05, 0.1) is 0 Å². The van der Waals surface area contributed by atoms with Crippen molar-refractivity contribution < 1.29 is 4.79 Å². The molecular formula is C17H20ClN3O. The first-order valence-electron chi connectivity index (χ1n) is 7.57. The van der Waals surface area contributed by atoms with Gasteiger partial charge in [-0.25, -0.2) is 0 Å². The molecule has 0 bridgehead atoms. The maximum absolute atomic E-state index is 12.5. The van der Waals surface area contributed by atoms with Crippen LogP contribution in [0.1, 0.15) is 28.2 Å². The minimum atomic E-state index is 0.0438. The van der Waals surface area contributed by atoms with Crippen LogP contribution in [0.2, 0.25) is 5.02 Å². The van der Waals surface area contributed by atoms with E-state index >= 15 is 0 Å². The highest BCUT2D eigenvalue weighted by Gasteiger charge is 2.28. The molecule has 2 aromatic rings. The van der Waals surface area contributed by atoms with Gasteiger partial charge >= 0.3 is 0 Å². The second-order valence-corrected chi connectivity index (χ2v) is 6.47. The normalized spacial score (nSPS) is 18.0. The van der Waals surface area contributed by atoms with Gasteiger partial charge in [0, 0.05) is 30.9 Å². The number of amides is 1. The topological polar surface area (TPSA) is 38.1 Å². The summed E-state index contributed by atoms with van der Waals surface area (Å²) in [5.74, 6) is 0.553. The SMILES string of the molecule is Cc1cc(C(=O)N2CCC(Cc3ccc(Cl)cc3)C2)nn1C. The Morgan fingerprint density at radius 2 is 2.09 bits per heavy atom. The molecule has 1 aliphatic heterocycles. The van der Waals surface area contributed by atoms with Crippen molar-refractivity contribution in [1.29, 1.82) is 0 Å². The lowest BCUT2D eigenvalue weighted by atomic mass is 9.99. The molecule has 0 aliphatic carbocycles. The third-order valence-corrected chi connectivity index (χ3v) is 4.60. The molecule has 1 aliphatic rings. The van der Waals surface area contributed by atoms with E-state index in [0.29, 0.717) is 11.6 Å². The maximum atomic E-state index is 12.5. The largest absolute Gasteiger partial charge is 0.337 e. The van der Waals surface area contributed by atoms with Gasteiger partial charge in [-0.3, -0.25) is 9.48 Å². The third-order valence-electron chi connectivity index (χ3n) is 4.34. The minimum Gasteiger partial charge on any atom is -0.337 e. The number of carbonyl (C=O) groups is 1. The molecule has 1 amide bonds. The van der Waals surface area contributed by atoms with Gasteiger partial charge in [0.25, 0.3) is 5.91 Å². The lowest BCUT2D eigenvalue weighted by Crippen LogP contribution is -2.29. The van der Waals surface area contributed by atoms with Crippen LogP contribution in [0.15, 0.2) is 30.3 Å². The van der Waals surface area contributed by atoms with Gasteiger partial charge in [0.1, 0.15) is 0 Å². The second kappa shape index (κ2) is 6.13. The molecule has 5 heteroatoms. The number of rotatable bonds is 3. The Labute approximate surface area is 135 Å². The molecule has 1 fully saturated rings. The fourth-order valence-electron chi connectivity index (χ4n) is 2.96. The summed E-state index contributed by atoms with van der Waals surface area (Å²) in [6.45, 7) is 3.57. The molecule has 0 radical (unpaired) electrons. The highest BCUT2D eigenvalue weighted by atomic mass is 35.5. The molecule has 0 spiro atoms. The summed E-state index contributed by atoms with van der Waals surface area (Å²) in [6, 6.07) is 9.83. The van der Waals surface area contributed by atoms with E-state index in [1.807, 2.05) is 37.1 Å². The molecule has 3 rings (SSSR count). The molecule has 1 aromatic heterocycles. The van der Waals surface area contributed by atoms with E-state index in [2.05, 4.69) is 17.2 Å². The Bertz CT molecular complexity index is 658. The lowest BCUT2D eigenvalue weighted by molar-refractivity contribution is 0.0780. The number of carbonyl (C=O) groups excluding carboxylic acids is 1. The highest BCUT2D eigenvalue weighted by Crippen LogP contribution is 2.23. The number of halogens is 1. The molecule has 22 heavy (non-hydrogen) atoms. The predicted octanol–water partition coefficient (Wildman–Crippen LogP) is 3.09. The van der Waals surface area contributed by atoms with Crippen molar-refractivity contribution in [1.82, 2.24) is 14.7 Å². The minimum absolute atomic E-state index is 0.0438. The van der Waals surface area contributed by atoms with E-state index < -0.39 is 0 Å². The van der Waals surface area contributed by atoms with Gasteiger partial charge in [0.2, 0.25) is 0 Å². The second-order valence-electron chi connectivity index (χ2n) is 6.03. The van der Waals surface area contributed by atoms with Crippen molar-refractivity contribution in [3.8, 4) is 0 Å². The van der Waals surface area contributed by atoms with E-state index in [-0.39, 0.29) is 5.91 Å². The van der Waals surface area contributed by atoms with Crippen molar-refractivity contribution in [2.45, 2.75) is 19.8 Å². The molecule has 1 aromatic carbocycles. The van der Waals surface area contributed by atoms with Crippen molar-refractivity contribution in [3.05, 3.63) is 52.3 Å². The number of benzene rings is 1. The summed E-state index contributed by atoms with van der Waals surface area (Å²) in [7, 11) is 1.86. The summed E-state index contributed by atoms with van der Waals surface area (Å²) >= 11 is 5.91. The van der Waals surface area contributed by atoms with Crippen molar-refractivity contribution in [2.75, 3.05) is 13.1 Å². The number of hydrogen-bond donors (Lipinski definition) is 0. The lowest BCUT2D eigenvalue weighted by Gasteiger charge is -2.15. The maximum Gasteiger partial charge on any atom is 0.274 e. The van der Waals surface area contributed by atoms with Crippen LogP contribution in [0.4, 0.5) is 0 Å². The van der Waals surface area contributed by atoms with Crippen LogP contribution in [0, 0.1) is 12.8 Å². The summed E-state index contributed by atoms with van der Waals surface area (Å²) in [5.41, 5.74) is 2.82. The first-order valence-corrected chi connectivity index (χ1v) is 7.95. The molecule has 1 atom stereocenters. The molecule has 0 saturated carbocycles. The summed E-state index contributed by atoms with van der Waals surface area (Å²) in [5, 5.41) is 5.05. The van der Waals surface area contributed by atoms with E-state index in [4.69, 9.17) is 11.6 Å². The monoisotopic (exact) mass is 317 g/mol. The predicted molar refractivity (Wildman–Crippen MR) is 87.1 cm³/mol. The Kier molecular flexibility index (Phi) is 4.21. The van der Waals surface area contributed by atoms with Crippen LogP contribution in [0.5, 0.6) is 0 Å². The van der Waals surface area contributed by atoms with Crippen LogP contribution in [0.25, 0.3) is 0 Å². The van der Waals surface area contributed by atoms with Crippen LogP contribution in [0.3, 0.4) is 0 Å². The van der Waals surface area contributed by atoms with Gasteiger partial charge in [-0.2, -0.15) is 5.10 Å². The molecule has 1 unspecified atom stereocenters. The zero-order valence-corrected chi connectivity index (χ0v) is 13.7. The molecule has 4 nitrogen and oxygen atoms in total. The molecule has 1 saturated heterocycles. The third kappa shape index (κ3) is 3.17. The number of nitrogens with zero attached hydrogens (tertiary/aromatic N) is 3. The van der Waals surface area contributed by atoms with E-state index in [1.54, 1.807) is 4.68 Å². The zero-order valence-electron chi connectivity index (χ0n) is 12.9. The molecular weight excluding hydrogens is 298 g/mol. The first kappa shape index (κ1) is 15.1. The summed E-state index contributed by atoms with van der Waals surface area (Å²) in [6.07, 6.45) is 2.03. The van der Waals surface area contributed by atoms with E-state index in [1.165, 1.54) is 5.56 Å². The van der Waals surface area contributed by atoms with Crippen molar-refractivity contribution in [2.24, 2.45) is 13.0 Å². The quantitative estimate of drug-likeness (QED) is 0.872. The standard InChI is InChI=1S/C17H20ClN3O/c1-12-9-16(19-20(12)2)17(22)21-8-7-14(11-21)10-13-3-5-15(18)6-4-13/h3-6,9,14H,7-8,10-11H2,1-2H3. The molecule has 2 heterocycles. The van der Waals surface area contributed by atoms with Crippen LogP contribution >= 0.6 is 11.6 Å². The average molecular weight is 318 g/mol.